The Morgan fingerprint density at radius 1 is 1.21 bits per heavy atom. The Bertz CT molecular complexity index is 874. The molecule has 3 rings (SSSR count). The summed E-state index contributed by atoms with van der Waals surface area (Å²) in [6.07, 6.45) is 1.26. The van der Waals surface area contributed by atoms with Gasteiger partial charge in [0.25, 0.3) is 5.91 Å². The molecule has 24 heavy (non-hydrogen) atoms. The van der Waals surface area contributed by atoms with Gasteiger partial charge in [-0.25, -0.2) is 8.42 Å². The second kappa shape index (κ2) is 6.65. The third kappa shape index (κ3) is 3.28. The van der Waals surface area contributed by atoms with Crippen molar-refractivity contribution in [3.63, 3.8) is 0 Å². The van der Waals surface area contributed by atoms with Crippen molar-refractivity contribution in [2.75, 3.05) is 17.7 Å². The van der Waals surface area contributed by atoms with Crippen molar-refractivity contribution in [3.05, 3.63) is 53.6 Å². The van der Waals surface area contributed by atoms with E-state index < -0.39 is 9.84 Å². The normalized spacial score (nSPS) is 15.4. The summed E-state index contributed by atoms with van der Waals surface area (Å²) >= 11 is 0. The van der Waals surface area contributed by atoms with Gasteiger partial charge in [-0.3, -0.25) is 4.79 Å². The van der Waals surface area contributed by atoms with E-state index in [2.05, 4.69) is 5.32 Å². The highest BCUT2D eigenvalue weighted by molar-refractivity contribution is 7.91. The lowest BCUT2D eigenvalue weighted by molar-refractivity contribution is 0.102. The molecule has 0 saturated carbocycles. The number of carbonyl (C=O) groups is 1. The SMILES string of the molecule is CCOc1ccccc1NC(=O)c1ccc2c(c1)CCCS2(=O)=O. The zero-order chi connectivity index (χ0) is 17.2. The Kier molecular flexibility index (Phi) is 4.57. The first-order chi connectivity index (χ1) is 11.5. The second-order valence-electron chi connectivity index (χ2n) is 5.63. The smallest absolute Gasteiger partial charge is 0.255 e. The summed E-state index contributed by atoms with van der Waals surface area (Å²) in [5.74, 6) is 0.495. The fraction of sp³-hybridized carbons (Fsp3) is 0.278. The fourth-order valence-electron chi connectivity index (χ4n) is 2.83. The molecule has 0 fully saturated rings. The number of rotatable bonds is 4. The number of carbonyl (C=O) groups excluding carboxylic acids is 1. The second-order valence-corrected chi connectivity index (χ2v) is 7.71. The molecule has 0 atom stereocenters. The first-order valence-electron chi connectivity index (χ1n) is 7.90. The molecule has 2 aromatic carbocycles. The maximum absolute atomic E-state index is 12.5. The van der Waals surface area contributed by atoms with E-state index in [1.165, 1.54) is 6.07 Å². The highest BCUT2D eigenvalue weighted by Crippen LogP contribution is 2.27. The van der Waals surface area contributed by atoms with Crippen LogP contribution in [0.4, 0.5) is 5.69 Å². The predicted molar refractivity (Wildman–Crippen MR) is 92.4 cm³/mol. The van der Waals surface area contributed by atoms with E-state index in [9.17, 15) is 13.2 Å². The zero-order valence-electron chi connectivity index (χ0n) is 13.4. The van der Waals surface area contributed by atoms with Gasteiger partial charge in [0.05, 0.1) is 22.9 Å². The minimum atomic E-state index is -3.21. The Morgan fingerprint density at radius 3 is 2.79 bits per heavy atom. The number of benzene rings is 2. The number of nitrogens with one attached hydrogen (secondary N) is 1. The van der Waals surface area contributed by atoms with E-state index >= 15 is 0 Å². The Labute approximate surface area is 141 Å². The zero-order valence-corrected chi connectivity index (χ0v) is 14.2. The van der Waals surface area contributed by atoms with E-state index in [4.69, 9.17) is 4.74 Å². The molecule has 0 spiro atoms. The number of anilines is 1. The summed E-state index contributed by atoms with van der Waals surface area (Å²) in [6, 6.07) is 12.0. The van der Waals surface area contributed by atoms with Crippen molar-refractivity contribution in [2.24, 2.45) is 0 Å². The molecule has 0 bridgehead atoms. The number of hydrogen-bond donors (Lipinski definition) is 1. The van der Waals surface area contributed by atoms with Gasteiger partial charge in [-0.05, 0) is 55.7 Å². The molecule has 0 aromatic heterocycles. The number of para-hydroxylation sites is 2. The monoisotopic (exact) mass is 345 g/mol. The van der Waals surface area contributed by atoms with Crippen LogP contribution in [0.2, 0.25) is 0 Å². The van der Waals surface area contributed by atoms with Crippen molar-refractivity contribution >= 4 is 21.4 Å². The minimum absolute atomic E-state index is 0.174. The number of fused-ring (bicyclic) bond motifs is 1. The predicted octanol–water partition coefficient (Wildman–Crippen LogP) is 3.06. The third-order valence-electron chi connectivity index (χ3n) is 3.95. The lowest BCUT2D eigenvalue weighted by Gasteiger charge is -2.17. The number of amides is 1. The van der Waals surface area contributed by atoms with Crippen LogP contribution in [0.5, 0.6) is 5.75 Å². The highest BCUT2D eigenvalue weighted by Gasteiger charge is 2.24. The fourth-order valence-corrected chi connectivity index (χ4v) is 4.41. The lowest BCUT2D eigenvalue weighted by Crippen LogP contribution is -2.18. The van der Waals surface area contributed by atoms with E-state index in [1.807, 2.05) is 19.1 Å². The molecule has 1 heterocycles. The molecule has 0 aliphatic carbocycles. The number of ether oxygens (including phenoxy) is 1. The molecule has 126 valence electrons. The molecule has 0 unspecified atom stereocenters. The summed E-state index contributed by atoms with van der Waals surface area (Å²) < 4.78 is 29.6. The van der Waals surface area contributed by atoms with Crippen molar-refractivity contribution in [1.29, 1.82) is 0 Å². The third-order valence-corrected chi connectivity index (χ3v) is 5.85. The Hall–Kier alpha value is -2.34. The molecule has 1 N–H and O–H groups in total. The summed E-state index contributed by atoms with van der Waals surface area (Å²) in [5.41, 5.74) is 1.75. The van der Waals surface area contributed by atoms with Gasteiger partial charge >= 0.3 is 0 Å². The van der Waals surface area contributed by atoms with Gasteiger partial charge in [0.1, 0.15) is 5.75 Å². The van der Waals surface area contributed by atoms with Crippen LogP contribution in [0.1, 0.15) is 29.3 Å². The standard InChI is InChI=1S/C18H19NO4S/c1-2-23-16-8-4-3-7-15(16)19-18(20)14-9-10-17-13(12-14)6-5-11-24(17,21)22/h3-4,7-10,12H,2,5-6,11H2,1H3,(H,19,20). The topological polar surface area (TPSA) is 72.5 Å². The van der Waals surface area contributed by atoms with Crippen LogP contribution in [0.15, 0.2) is 47.4 Å². The van der Waals surface area contributed by atoms with E-state index in [1.54, 1.807) is 24.3 Å². The van der Waals surface area contributed by atoms with Crippen molar-refractivity contribution in [3.8, 4) is 5.75 Å². The van der Waals surface area contributed by atoms with Gasteiger partial charge in [-0.2, -0.15) is 0 Å². The minimum Gasteiger partial charge on any atom is -0.492 e. The summed E-state index contributed by atoms with van der Waals surface area (Å²) in [6.45, 7) is 2.38. The van der Waals surface area contributed by atoms with E-state index in [-0.39, 0.29) is 11.7 Å². The van der Waals surface area contributed by atoms with Crippen molar-refractivity contribution in [2.45, 2.75) is 24.7 Å². The first-order valence-corrected chi connectivity index (χ1v) is 9.55. The molecule has 1 aliphatic rings. The molecule has 0 saturated heterocycles. The van der Waals surface area contributed by atoms with Gasteiger partial charge in [0, 0.05) is 5.56 Å². The maximum Gasteiger partial charge on any atom is 0.255 e. The number of hydrogen-bond acceptors (Lipinski definition) is 4. The highest BCUT2D eigenvalue weighted by atomic mass is 32.2. The Morgan fingerprint density at radius 2 is 2.00 bits per heavy atom. The van der Waals surface area contributed by atoms with Crippen molar-refractivity contribution in [1.82, 2.24) is 0 Å². The van der Waals surface area contributed by atoms with Gasteiger partial charge in [-0.1, -0.05) is 12.1 Å². The molecule has 1 amide bonds. The van der Waals surface area contributed by atoms with Gasteiger partial charge in [0.2, 0.25) is 0 Å². The molecule has 2 aromatic rings. The van der Waals surface area contributed by atoms with E-state index in [0.717, 1.165) is 0 Å². The molecule has 5 nitrogen and oxygen atoms in total. The van der Waals surface area contributed by atoms with E-state index in [0.29, 0.717) is 46.9 Å². The average Bonchev–Trinajstić information content (AvgIpc) is 2.56. The first kappa shape index (κ1) is 16.5. The van der Waals surface area contributed by atoms with Crippen LogP contribution in [0.3, 0.4) is 0 Å². The lowest BCUT2D eigenvalue weighted by atomic mass is 10.1. The molecular formula is C18H19NO4S. The maximum atomic E-state index is 12.5. The van der Waals surface area contributed by atoms with Gasteiger partial charge < -0.3 is 10.1 Å². The number of aryl methyl sites for hydroxylation is 1. The average molecular weight is 345 g/mol. The molecule has 0 radical (unpaired) electrons. The summed E-state index contributed by atoms with van der Waals surface area (Å²) in [5, 5.41) is 2.83. The van der Waals surface area contributed by atoms with Crippen molar-refractivity contribution < 1.29 is 17.9 Å². The van der Waals surface area contributed by atoms with Crippen LogP contribution in [-0.2, 0) is 16.3 Å². The van der Waals surface area contributed by atoms with Crippen LogP contribution in [0.25, 0.3) is 0 Å². The van der Waals surface area contributed by atoms with Crippen LogP contribution < -0.4 is 10.1 Å². The summed E-state index contributed by atoms with van der Waals surface area (Å²) in [4.78, 5) is 12.8. The molecule has 6 heteroatoms. The molecular weight excluding hydrogens is 326 g/mol. The summed E-state index contributed by atoms with van der Waals surface area (Å²) in [7, 11) is -3.21. The largest absolute Gasteiger partial charge is 0.492 e. The Balaban J connectivity index is 1.87. The van der Waals surface area contributed by atoms with Gasteiger partial charge in [0.15, 0.2) is 9.84 Å². The van der Waals surface area contributed by atoms with Crippen LogP contribution in [-0.4, -0.2) is 26.7 Å². The van der Waals surface area contributed by atoms with Crippen LogP contribution in [0, 0.1) is 0 Å². The molecule has 1 aliphatic heterocycles. The quantitative estimate of drug-likeness (QED) is 0.924. The van der Waals surface area contributed by atoms with Gasteiger partial charge in [-0.15, -0.1) is 0 Å². The van der Waals surface area contributed by atoms with Crippen LogP contribution >= 0.6 is 0 Å². The number of sulfone groups is 1.